The fourth-order valence-corrected chi connectivity index (χ4v) is 3.41. The fourth-order valence-electron chi connectivity index (χ4n) is 1.85. The average molecular weight is 430 g/mol. The van der Waals surface area contributed by atoms with Crippen molar-refractivity contribution in [1.82, 2.24) is 0 Å². The molecule has 1 aromatic carbocycles. The Morgan fingerprint density at radius 3 is 2.86 bits per heavy atom. The zero-order valence-electron chi connectivity index (χ0n) is 10.9. The van der Waals surface area contributed by atoms with Gasteiger partial charge in [-0.3, -0.25) is 4.79 Å². The Labute approximate surface area is 144 Å². The molecule has 106 valence electrons. The second-order valence-electron chi connectivity index (χ2n) is 4.41. The van der Waals surface area contributed by atoms with Gasteiger partial charge in [0.25, 0.3) is 0 Å². The molecule has 0 spiro atoms. The molecule has 0 saturated heterocycles. The summed E-state index contributed by atoms with van der Waals surface area (Å²) in [5.41, 5.74) is 1.15. The molecule has 0 bridgehead atoms. The van der Waals surface area contributed by atoms with Gasteiger partial charge in [0.2, 0.25) is 5.12 Å². The van der Waals surface area contributed by atoms with Crippen LogP contribution in [0.1, 0.15) is 17.1 Å². The monoisotopic (exact) mass is 429 g/mol. The van der Waals surface area contributed by atoms with Crippen LogP contribution in [-0.4, -0.2) is 10.2 Å². The van der Waals surface area contributed by atoms with Crippen molar-refractivity contribution in [2.75, 3.05) is 0 Å². The molecule has 0 N–H and O–H groups in total. The van der Waals surface area contributed by atoms with Crippen LogP contribution < -0.4 is 0 Å². The Morgan fingerprint density at radius 2 is 2.14 bits per heavy atom. The highest BCUT2D eigenvalue weighted by atomic mass is 127. The van der Waals surface area contributed by atoms with E-state index in [2.05, 4.69) is 27.6 Å². The lowest BCUT2D eigenvalue weighted by molar-refractivity contribution is -0.107. The summed E-state index contributed by atoms with van der Waals surface area (Å²) in [6.45, 7) is 1.85. The number of aryl methyl sites for hydroxylation is 1. The lowest BCUT2D eigenvalue weighted by Gasteiger charge is -2.02. The number of nitrogens with zero attached hydrogens (tertiary/aromatic N) is 1. The molecular weight excluding hydrogens is 421 g/mol. The Balaban J connectivity index is 1.99. The third-order valence-electron chi connectivity index (χ3n) is 2.82. The second kappa shape index (κ2) is 5.98. The SMILES string of the molecule is Cc1ccc(/C=C2/N=C(c3cc(I)ccc3Cl)SC2=O)o1. The summed E-state index contributed by atoms with van der Waals surface area (Å²) < 4.78 is 6.49. The summed E-state index contributed by atoms with van der Waals surface area (Å²) in [5.74, 6) is 1.42. The molecule has 0 saturated carbocycles. The molecule has 1 aliphatic rings. The summed E-state index contributed by atoms with van der Waals surface area (Å²) in [7, 11) is 0. The van der Waals surface area contributed by atoms with E-state index in [9.17, 15) is 4.79 Å². The average Bonchev–Trinajstić information content (AvgIpc) is 3.00. The van der Waals surface area contributed by atoms with E-state index in [1.165, 1.54) is 0 Å². The molecule has 0 amide bonds. The first-order chi connectivity index (χ1) is 10.0. The summed E-state index contributed by atoms with van der Waals surface area (Å²) in [5, 5.41) is 1.11. The Bertz CT molecular complexity index is 795. The molecule has 1 aliphatic heterocycles. The molecule has 1 aromatic heterocycles. The lowest BCUT2D eigenvalue weighted by atomic mass is 10.2. The predicted molar refractivity (Wildman–Crippen MR) is 94.7 cm³/mol. The minimum atomic E-state index is -0.103. The highest BCUT2D eigenvalue weighted by Gasteiger charge is 2.25. The zero-order chi connectivity index (χ0) is 15.0. The van der Waals surface area contributed by atoms with E-state index in [-0.39, 0.29) is 5.12 Å². The molecule has 0 aliphatic carbocycles. The number of benzene rings is 1. The van der Waals surface area contributed by atoms with Gasteiger partial charge in [-0.25, -0.2) is 4.99 Å². The molecule has 3 nitrogen and oxygen atoms in total. The minimum absolute atomic E-state index is 0.103. The van der Waals surface area contributed by atoms with Gasteiger partial charge in [0.15, 0.2) is 0 Å². The van der Waals surface area contributed by atoms with Crippen molar-refractivity contribution in [2.24, 2.45) is 4.99 Å². The van der Waals surface area contributed by atoms with Crippen LogP contribution >= 0.6 is 46.0 Å². The van der Waals surface area contributed by atoms with Crippen molar-refractivity contribution in [3.05, 3.63) is 61.7 Å². The number of rotatable bonds is 2. The molecular formula is C15H9ClINO2S. The number of hydrogen-bond donors (Lipinski definition) is 0. The summed E-state index contributed by atoms with van der Waals surface area (Å²) in [6.07, 6.45) is 1.65. The minimum Gasteiger partial charge on any atom is -0.462 e. The largest absolute Gasteiger partial charge is 0.462 e. The topological polar surface area (TPSA) is 42.6 Å². The van der Waals surface area contributed by atoms with Crippen molar-refractivity contribution in [1.29, 1.82) is 0 Å². The number of furan rings is 1. The number of halogens is 2. The van der Waals surface area contributed by atoms with E-state index in [1.807, 2.05) is 37.3 Å². The Hall–Kier alpha value is -1.05. The first-order valence-electron chi connectivity index (χ1n) is 6.07. The standard InChI is InChI=1S/C15H9ClINO2S/c1-8-2-4-10(20-8)7-13-15(19)21-14(18-13)11-6-9(17)3-5-12(11)16/h2-7H,1H3/b13-7+. The fraction of sp³-hybridized carbons (Fsp3) is 0.0667. The van der Waals surface area contributed by atoms with Gasteiger partial charge in [0, 0.05) is 15.2 Å². The number of carbonyl (C=O) groups is 1. The van der Waals surface area contributed by atoms with Gasteiger partial charge in [0.05, 0.1) is 5.02 Å². The number of hydrogen-bond acceptors (Lipinski definition) is 4. The lowest BCUT2D eigenvalue weighted by Crippen LogP contribution is -1.94. The highest BCUT2D eigenvalue weighted by Crippen LogP contribution is 2.32. The van der Waals surface area contributed by atoms with Crippen LogP contribution in [-0.2, 0) is 4.79 Å². The van der Waals surface area contributed by atoms with Gasteiger partial charge in [-0.15, -0.1) is 0 Å². The van der Waals surface area contributed by atoms with Crippen LogP contribution in [0.15, 0.2) is 45.4 Å². The molecule has 0 atom stereocenters. The van der Waals surface area contributed by atoms with E-state index in [4.69, 9.17) is 16.0 Å². The molecule has 2 aromatic rings. The summed E-state index contributed by atoms with van der Waals surface area (Å²) >= 11 is 9.48. The van der Waals surface area contributed by atoms with Crippen LogP contribution in [0.5, 0.6) is 0 Å². The van der Waals surface area contributed by atoms with Crippen molar-refractivity contribution in [2.45, 2.75) is 6.92 Å². The summed E-state index contributed by atoms with van der Waals surface area (Å²) in [6, 6.07) is 9.30. The van der Waals surface area contributed by atoms with E-state index in [0.717, 1.165) is 26.7 Å². The maximum absolute atomic E-state index is 12.1. The maximum atomic E-state index is 12.1. The molecule has 6 heteroatoms. The normalized spacial score (nSPS) is 16.6. The van der Waals surface area contributed by atoms with Crippen LogP contribution in [0.3, 0.4) is 0 Å². The molecule has 0 fully saturated rings. The molecule has 0 unspecified atom stereocenters. The van der Waals surface area contributed by atoms with Gasteiger partial charge in [-0.1, -0.05) is 11.6 Å². The van der Waals surface area contributed by atoms with Gasteiger partial charge in [-0.2, -0.15) is 0 Å². The third-order valence-corrected chi connectivity index (χ3v) is 4.72. The van der Waals surface area contributed by atoms with Gasteiger partial charge in [0.1, 0.15) is 22.3 Å². The van der Waals surface area contributed by atoms with Crippen LogP contribution in [0.2, 0.25) is 5.02 Å². The number of aliphatic imine (C=N–C) groups is 1. The smallest absolute Gasteiger partial charge is 0.244 e. The van der Waals surface area contributed by atoms with Gasteiger partial charge in [-0.05, 0) is 71.6 Å². The van der Waals surface area contributed by atoms with Gasteiger partial charge >= 0.3 is 0 Å². The zero-order valence-corrected chi connectivity index (χ0v) is 14.6. The Kier molecular flexibility index (Phi) is 4.24. The number of thioether (sulfide) groups is 1. The van der Waals surface area contributed by atoms with E-state index in [0.29, 0.717) is 21.5 Å². The third kappa shape index (κ3) is 3.25. The molecule has 0 radical (unpaired) electrons. The van der Waals surface area contributed by atoms with Crippen molar-refractivity contribution < 1.29 is 9.21 Å². The van der Waals surface area contributed by atoms with Crippen LogP contribution in [0.4, 0.5) is 0 Å². The maximum Gasteiger partial charge on any atom is 0.244 e. The van der Waals surface area contributed by atoms with Crippen LogP contribution in [0.25, 0.3) is 6.08 Å². The molecule has 2 heterocycles. The van der Waals surface area contributed by atoms with Crippen molar-refractivity contribution in [3.8, 4) is 0 Å². The highest BCUT2D eigenvalue weighted by molar-refractivity contribution is 14.1. The first kappa shape index (κ1) is 14.9. The summed E-state index contributed by atoms with van der Waals surface area (Å²) in [4.78, 5) is 16.4. The second-order valence-corrected chi connectivity index (χ2v) is 7.02. The Morgan fingerprint density at radius 1 is 1.33 bits per heavy atom. The molecule has 21 heavy (non-hydrogen) atoms. The van der Waals surface area contributed by atoms with E-state index < -0.39 is 0 Å². The predicted octanol–water partition coefficient (Wildman–Crippen LogP) is 4.91. The van der Waals surface area contributed by atoms with Crippen LogP contribution in [0, 0.1) is 10.5 Å². The number of carbonyl (C=O) groups excluding carboxylic acids is 1. The molecule has 3 rings (SSSR count). The van der Waals surface area contributed by atoms with E-state index >= 15 is 0 Å². The van der Waals surface area contributed by atoms with Crippen molar-refractivity contribution in [3.63, 3.8) is 0 Å². The van der Waals surface area contributed by atoms with Gasteiger partial charge < -0.3 is 4.42 Å². The van der Waals surface area contributed by atoms with Crippen molar-refractivity contribution >= 4 is 62.2 Å². The first-order valence-corrected chi connectivity index (χ1v) is 8.35. The quantitative estimate of drug-likeness (QED) is 0.503. The van der Waals surface area contributed by atoms with E-state index in [1.54, 1.807) is 6.08 Å².